The highest BCUT2D eigenvalue weighted by Gasteiger charge is 2.09. The van der Waals surface area contributed by atoms with Gasteiger partial charge in [-0.3, -0.25) is 0 Å². The Kier molecular flexibility index (Phi) is 4.27. The smallest absolute Gasteiger partial charge is 0.156 e. The summed E-state index contributed by atoms with van der Waals surface area (Å²) in [6.45, 7) is 3.87. The largest absolute Gasteiger partial charge is 0.496 e. The van der Waals surface area contributed by atoms with Crippen molar-refractivity contribution in [2.75, 3.05) is 12.4 Å². The predicted octanol–water partition coefficient (Wildman–Crippen LogP) is 4.26. The van der Waals surface area contributed by atoms with Crippen molar-refractivity contribution in [3.63, 3.8) is 0 Å². The van der Waals surface area contributed by atoms with Gasteiger partial charge in [-0.15, -0.1) is 10.2 Å². The van der Waals surface area contributed by atoms with Crippen LogP contribution in [0.4, 0.5) is 11.5 Å². The van der Waals surface area contributed by atoms with Crippen molar-refractivity contribution >= 4 is 39.0 Å². The molecule has 2 rings (SSSR count). The molecule has 1 heterocycles. The van der Waals surface area contributed by atoms with Gasteiger partial charge in [-0.1, -0.05) is 11.6 Å². The van der Waals surface area contributed by atoms with Crippen LogP contribution in [0.15, 0.2) is 22.7 Å². The molecule has 0 saturated heterocycles. The van der Waals surface area contributed by atoms with E-state index in [1.165, 1.54) is 0 Å². The van der Waals surface area contributed by atoms with Gasteiger partial charge in [0.15, 0.2) is 11.0 Å². The zero-order valence-corrected chi connectivity index (χ0v) is 13.1. The van der Waals surface area contributed by atoms with Gasteiger partial charge < -0.3 is 10.1 Å². The third-order valence-electron chi connectivity index (χ3n) is 2.88. The molecule has 100 valence electrons. The van der Waals surface area contributed by atoms with Crippen molar-refractivity contribution in [3.8, 4) is 5.75 Å². The number of aromatic nitrogens is 2. The first-order valence-corrected chi connectivity index (χ1v) is 6.80. The summed E-state index contributed by atoms with van der Waals surface area (Å²) >= 11 is 9.37. The zero-order chi connectivity index (χ0) is 14.0. The molecule has 6 heteroatoms. The van der Waals surface area contributed by atoms with Gasteiger partial charge in [0.1, 0.15) is 5.75 Å². The minimum Gasteiger partial charge on any atom is -0.496 e. The van der Waals surface area contributed by atoms with Gasteiger partial charge >= 0.3 is 0 Å². The second-order valence-electron chi connectivity index (χ2n) is 4.06. The lowest BCUT2D eigenvalue weighted by atomic mass is 10.2. The summed E-state index contributed by atoms with van der Waals surface area (Å²) in [5.41, 5.74) is 2.80. The summed E-state index contributed by atoms with van der Waals surface area (Å²) in [7, 11) is 1.63. The third-order valence-corrected chi connectivity index (χ3v) is 3.86. The molecule has 0 bridgehead atoms. The van der Waals surface area contributed by atoms with Crippen molar-refractivity contribution in [2.45, 2.75) is 13.8 Å². The van der Waals surface area contributed by atoms with Crippen LogP contribution in [-0.2, 0) is 0 Å². The molecule has 0 saturated carbocycles. The summed E-state index contributed by atoms with van der Waals surface area (Å²) in [5.74, 6) is 1.47. The molecular weight excluding hydrogens is 330 g/mol. The molecule has 4 nitrogen and oxygen atoms in total. The first-order valence-electron chi connectivity index (χ1n) is 5.63. The Balaban J connectivity index is 2.31. The number of nitrogens with one attached hydrogen (secondary N) is 1. The molecule has 0 aliphatic heterocycles. The van der Waals surface area contributed by atoms with E-state index >= 15 is 0 Å². The highest BCUT2D eigenvalue weighted by Crippen LogP contribution is 2.30. The van der Waals surface area contributed by atoms with Crippen LogP contribution in [-0.4, -0.2) is 17.3 Å². The van der Waals surface area contributed by atoms with Gasteiger partial charge in [0.25, 0.3) is 0 Å². The first-order chi connectivity index (χ1) is 9.02. The lowest BCUT2D eigenvalue weighted by Crippen LogP contribution is -2.01. The van der Waals surface area contributed by atoms with Crippen LogP contribution in [0.5, 0.6) is 5.75 Å². The molecule has 0 fully saturated rings. The SMILES string of the molecule is COc1ccc(Nc2nnc(Cl)c(C)c2C)cc1Br. The highest BCUT2D eigenvalue weighted by atomic mass is 79.9. The summed E-state index contributed by atoms with van der Waals surface area (Å²) < 4.78 is 6.06. The number of hydrogen-bond acceptors (Lipinski definition) is 4. The normalized spacial score (nSPS) is 10.4. The molecule has 1 aromatic carbocycles. The number of benzene rings is 1. The van der Waals surface area contributed by atoms with Crippen LogP contribution in [0, 0.1) is 13.8 Å². The first kappa shape index (κ1) is 14.1. The fraction of sp³-hybridized carbons (Fsp3) is 0.231. The molecule has 0 aliphatic carbocycles. The van der Waals surface area contributed by atoms with E-state index in [1.807, 2.05) is 32.0 Å². The average Bonchev–Trinajstić information content (AvgIpc) is 2.40. The molecule has 0 aliphatic rings. The molecule has 1 aromatic heterocycles. The minimum atomic E-state index is 0.430. The number of methoxy groups -OCH3 is 1. The van der Waals surface area contributed by atoms with Crippen LogP contribution in [0.1, 0.15) is 11.1 Å². The number of nitrogens with zero attached hydrogens (tertiary/aromatic N) is 2. The fourth-order valence-corrected chi connectivity index (χ4v) is 2.30. The van der Waals surface area contributed by atoms with Crippen LogP contribution in [0.2, 0.25) is 5.15 Å². The van der Waals surface area contributed by atoms with Crippen LogP contribution in [0.3, 0.4) is 0 Å². The number of halogens is 2. The van der Waals surface area contributed by atoms with E-state index in [2.05, 4.69) is 31.4 Å². The summed E-state index contributed by atoms with van der Waals surface area (Å²) in [4.78, 5) is 0. The van der Waals surface area contributed by atoms with Crippen molar-refractivity contribution in [1.29, 1.82) is 0 Å². The Morgan fingerprint density at radius 1 is 1.21 bits per heavy atom. The van der Waals surface area contributed by atoms with E-state index in [4.69, 9.17) is 16.3 Å². The Hall–Kier alpha value is -1.33. The molecule has 0 amide bonds. The average molecular weight is 343 g/mol. The second kappa shape index (κ2) is 5.75. The molecular formula is C13H13BrClN3O. The van der Waals surface area contributed by atoms with Gasteiger partial charge in [0.2, 0.25) is 0 Å². The second-order valence-corrected chi connectivity index (χ2v) is 5.28. The van der Waals surface area contributed by atoms with E-state index in [0.29, 0.717) is 11.0 Å². The maximum Gasteiger partial charge on any atom is 0.156 e. The molecule has 0 atom stereocenters. The molecule has 19 heavy (non-hydrogen) atoms. The summed E-state index contributed by atoms with van der Waals surface area (Å²) in [5, 5.41) is 11.6. The standard InChI is InChI=1S/C13H13BrClN3O/c1-7-8(2)13(18-17-12(7)15)16-9-4-5-11(19-3)10(14)6-9/h4-6H,1-3H3,(H,16,18). The van der Waals surface area contributed by atoms with Crippen LogP contribution >= 0.6 is 27.5 Å². The number of anilines is 2. The van der Waals surface area contributed by atoms with Crippen molar-refractivity contribution in [2.24, 2.45) is 0 Å². The molecule has 1 N–H and O–H groups in total. The molecule has 0 radical (unpaired) electrons. The van der Waals surface area contributed by atoms with Gasteiger partial charge in [-0.25, -0.2) is 0 Å². The zero-order valence-electron chi connectivity index (χ0n) is 10.8. The topological polar surface area (TPSA) is 47.0 Å². The van der Waals surface area contributed by atoms with E-state index in [1.54, 1.807) is 7.11 Å². The van der Waals surface area contributed by atoms with Crippen LogP contribution < -0.4 is 10.1 Å². The van der Waals surface area contributed by atoms with Crippen molar-refractivity contribution in [1.82, 2.24) is 10.2 Å². The van der Waals surface area contributed by atoms with Crippen LogP contribution in [0.25, 0.3) is 0 Å². The molecule has 2 aromatic rings. The number of hydrogen-bond donors (Lipinski definition) is 1. The molecule has 0 spiro atoms. The predicted molar refractivity (Wildman–Crippen MR) is 80.5 cm³/mol. The van der Waals surface area contributed by atoms with Crippen molar-refractivity contribution < 1.29 is 4.74 Å². The number of ether oxygens (including phenoxy) is 1. The summed E-state index contributed by atoms with van der Waals surface area (Å²) in [6, 6.07) is 5.70. The van der Waals surface area contributed by atoms with Crippen molar-refractivity contribution in [3.05, 3.63) is 39.0 Å². The lowest BCUT2D eigenvalue weighted by Gasteiger charge is -2.11. The van der Waals surface area contributed by atoms with Gasteiger partial charge in [0, 0.05) is 5.69 Å². The number of rotatable bonds is 3. The Morgan fingerprint density at radius 2 is 1.95 bits per heavy atom. The quantitative estimate of drug-likeness (QED) is 0.905. The van der Waals surface area contributed by atoms with E-state index in [-0.39, 0.29) is 0 Å². The Labute approximate surface area is 125 Å². The Morgan fingerprint density at radius 3 is 2.58 bits per heavy atom. The fourth-order valence-electron chi connectivity index (χ4n) is 1.58. The van der Waals surface area contributed by atoms with E-state index < -0.39 is 0 Å². The third kappa shape index (κ3) is 2.98. The maximum atomic E-state index is 5.93. The van der Waals surface area contributed by atoms with E-state index in [9.17, 15) is 0 Å². The van der Waals surface area contributed by atoms with Gasteiger partial charge in [0.05, 0.1) is 11.6 Å². The van der Waals surface area contributed by atoms with Gasteiger partial charge in [-0.05, 0) is 59.1 Å². The van der Waals surface area contributed by atoms with Gasteiger partial charge in [-0.2, -0.15) is 0 Å². The summed E-state index contributed by atoms with van der Waals surface area (Å²) in [6.07, 6.45) is 0. The minimum absolute atomic E-state index is 0.430. The monoisotopic (exact) mass is 341 g/mol. The van der Waals surface area contributed by atoms with E-state index in [0.717, 1.165) is 27.0 Å². The Bertz CT molecular complexity index is 619. The maximum absolute atomic E-state index is 5.93. The highest BCUT2D eigenvalue weighted by molar-refractivity contribution is 9.10. The lowest BCUT2D eigenvalue weighted by molar-refractivity contribution is 0.412. The molecule has 0 unspecified atom stereocenters.